The Labute approximate surface area is 203 Å². The number of carbonyl (C=O) groups is 1. The molecule has 0 radical (unpaired) electrons. The first-order valence-corrected chi connectivity index (χ1v) is 12.0. The number of amides is 1. The van der Waals surface area contributed by atoms with Crippen LogP contribution in [0.25, 0.3) is 0 Å². The molecule has 2 aliphatic heterocycles. The largest absolute Gasteiger partial charge is 0.369 e. The third kappa shape index (κ3) is 5.35. The third-order valence-corrected chi connectivity index (χ3v) is 7.13. The smallest absolute Gasteiger partial charge is 0.253 e. The molecule has 2 atom stereocenters. The normalized spacial score (nSPS) is 20.9. The summed E-state index contributed by atoms with van der Waals surface area (Å²) < 4.78 is 41.0. The Morgan fingerprint density at radius 2 is 1.46 bits per heavy atom. The van der Waals surface area contributed by atoms with E-state index in [4.69, 9.17) is 0 Å². The lowest BCUT2D eigenvalue weighted by Crippen LogP contribution is -2.48. The van der Waals surface area contributed by atoms with Crippen molar-refractivity contribution in [3.63, 3.8) is 0 Å². The fourth-order valence-corrected chi connectivity index (χ4v) is 5.31. The van der Waals surface area contributed by atoms with Crippen molar-refractivity contribution in [3.05, 3.63) is 101 Å². The Balaban J connectivity index is 1.29. The van der Waals surface area contributed by atoms with Gasteiger partial charge in [0.1, 0.15) is 17.5 Å². The first-order valence-electron chi connectivity index (χ1n) is 12.0. The lowest BCUT2D eigenvalue weighted by atomic mass is 9.88. The second-order valence-corrected chi connectivity index (χ2v) is 9.41. The number of carbonyl (C=O) groups excluding carboxylic acids is 1. The molecule has 35 heavy (non-hydrogen) atoms. The molecule has 3 aromatic rings. The van der Waals surface area contributed by atoms with Gasteiger partial charge in [-0.25, -0.2) is 13.2 Å². The number of piperazine rings is 1. The monoisotopic (exact) mass is 479 g/mol. The summed E-state index contributed by atoms with van der Waals surface area (Å²) in [5.74, 6) is -1.04. The third-order valence-electron chi connectivity index (χ3n) is 7.13. The van der Waals surface area contributed by atoms with Gasteiger partial charge in [-0.15, -0.1) is 0 Å². The predicted molar refractivity (Wildman–Crippen MR) is 130 cm³/mol. The molecular weight excluding hydrogens is 451 g/mol. The van der Waals surface area contributed by atoms with Crippen molar-refractivity contribution in [2.75, 3.05) is 50.7 Å². The van der Waals surface area contributed by atoms with E-state index >= 15 is 0 Å². The molecule has 4 nitrogen and oxygen atoms in total. The molecule has 7 heteroatoms. The van der Waals surface area contributed by atoms with Crippen LogP contribution in [0.2, 0.25) is 0 Å². The van der Waals surface area contributed by atoms with Gasteiger partial charge in [0.05, 0.1) is 0 Å². The predicted octanol–water partition coefficient (Wildman–Crippen LogP) is 4.78. The number of hydrogen-bond acceptors (Lipinski definition) is 3. The molecule has 2 fully saturated rings. The van der Waals surface area contributed by atoms with Crippen molar-refractivity contribution in [1.29, 1.82) is 0 Å². The summed E-state index contributed by atoms with van der Waals surface area (Å²) in [4.78, 5) is 19.5. The number of halogens is 3. The molecule has 1 amide bonds. The molecule has 2 saturated heterocycles. The zero-order chi connectivity index (χ0) is 24.4. The van der Waals surface area contributed by atoms with Crippen LogP contribution in [0, 0.1) is 23.4 Å². The molecule has 5 rings (SSSR count). The van der Waals surface area contributed by atoms with E-state index in [9.17, 15) is 18.0 Å². The second kappa shape index (κ2) is 10.1. The number of hydrogen-bond donors (Lipinski definition) is 0. The van der Waals surface area contributed by atoms with Gasteiger partial charge in [0.2, 0.25) is 0 Å². The molecule has 0 saturated carbocycles. The Morgan fingerprint density at radius 1 is 0.771 bits per heavy atom. The quantitative estimate of drug-likeness (QED) is 0.527. The zero-order valence-electron chi connectivity index (χ0n) is 19.4. The van der Waals surface area contributed by atoms with Crippen molar-refractivity contribution in [2.45, 2.75) is 5.92 Å². The van der Waals surface area contributed by atoms with E-state index in [0.29, 0.717) is 18.7 Å². The lowest BCUT2D eigenvalue weighted by molar-refractivity contribution is 0.0782. The highest BCUT2D eigenvalue weighted by atomic mass is 19.1. The van der Waals surface area contributed by atoms with Crippen LogP contribution >= 0.6 is 0 Å². The van der Waals surface area contributed by atoms with Crippen LogP contribution in [0.1, 0.15) is 21.8 Å². The fraction of sp³-hybridized carbons (Fsp3) is 0.321. The van der Waals surface area contributed by atoms with Crippen LogP contribution in [-0.2, 0) is 0 Å². The van der Waals surface area contributed by atoms with E-state index < -0.39 is 5.82 Å². The standard InChI is InChI=1S/C28H28F3N3O/c29-23-7-9-26(10-8-23)33-13-11-32(12-14-33)17-22-18-34(28(35)21-4-2-6-25(31)16-21)19-27(22)20-3-1-5-24(30)15-20/h1-10,15-16,22,27H,11-14,17-19H2/t22-,27+/m0/s1. The van der Waals surface area contributed by atoms with Crippen molar-refractivity contribution >= 4 is 11.6 Å². The highest BCUT2D eigenvalue weighted by Crippen LogP contribution is 2.35. The summed E-state index contributed by atoms with van der Waals surface area (Å²) in [5, 5.41) is 0. The first-order chi connectivity index (χ1) is 17.0. The van der Waals surface area contributed by atoms with Gasteiger partial charge in [-0.05, 0) is 66.1 Å². The van der Waals surface area contributed by atoms with Crippen LogP contribution in [0.5, 0.6) is 0 Å². The van der Waals surface area contributed by atoms with Crippen LogP contribution in [0.3, 0.4) is 0 Å². The Morgan fingerprint density at radius 3 is 2.14 bits per heavy atom. The maximum Gasteiger partial charge on any atom is 0.253 e. The molecule has 2 aliphatic rings. The van der Waals surface area contributed by atoms with E-state index in [-0.39, 0.29) is 29.4 Å². The minimum absolute atomic E-state index is 0.00154. The van der Waals surface area contributed by atoms with Gasteiger partial charge >= 0.3 is 0 Å². The summed E-state index contributed by atoms with van der Waals surface area (Å²) in [5.41, 5.74) is 2.22. The topological polar surface area (TPSA) is 26.8 Å². The molecule has 2 heterocycles. The fourth-order valence-electron chi connectivity index (χ4n) is 5.31. The zero-order valence-corrected chi connectivity index (χ0v) is 19.4. The van der Waals surface area contributed by atoms with Crippen LogP contribution in [0.4, 0.5) is 18.9 Å². The van der Waals surface area contributed by atoms with Crippen molar-refractivity contribution in [1.82, 2.24) is 9.80 Å². The Hall–Kier alpha value is -3.32. The molecule has 0 aromatic heterocycles. The van der Waals surface area contributed by atoms with Crippen molar-refractivity contribution < 1.29 is 18.0 Å². The molecule has 3 aromatic carbocycles. The highest BCUT2D eigenvalue weighted by molar-refractivity contribution is 5.94. The SMILES string of the molecule is O=C(c1cccc(F)c1)N1C[C@H](CN2CCN(c3ccc(F)cc3)CC2)[C@@H](c2cccc(F)c2)C1. The van der Waals surface area contributed by atoms with Gasteiger partial charge < -0.3 is 9.80 Å². The highest BCUT2D eigenvalue weighted by Gasteiger charge is 2.38. The summed E-state index contributed by atoms with van der Waals surface area (Å²) in [6.07, 6.45) is 0. The van der Waals surface area contributed by atoms with Crippen LogP contribution in [0.15, 0.2) is 72.8 Å². The van der Waals surface area contributed by atoms with E-state index in [1.165, 1.54) is 30.3 Å². The summed E-state index contributed by atoms with van der Waals surface area (Å²) in [7, 11) is 0. The van der Waals surface area contributed by atoms with Gasteiger partial charge in [0.25, 0.3) is 5.91 Å². The Kier molecular flexibility index (Phi) is 6.77. The van der Waals surface area contributed by atoms with Gasteiger partial charge in [0, 0.05) is 63.0 Å². The number of benzene rings is 3. The summed E-state index contributed by atoms with van der Waals surface area (Å²) in [6.45, 7) is 5.14. The van der Waals surface area contributed by atoms with Crippen molar-refractivity contribution in [2.24, 2.45) is 5.92 Å². The maximum atomic E-state index is 14.0. The maximum absolute atomic E-state index is 14.0. The number of likely N-dealkylation sites (tertiary alicyclic amines) is 1. The average Bonchev–Trinajstić information content (AvgIpc) is 3.28. The minimum atomic E-state index is -0.438. The van der Waals surface area contributed by atoms with Crippen LogP contribution in [-0.4, -0.2) is 61.5 Å². The van der Waals surface area contributed by atoms with E-state index in [2.05, 4.69) is 9.80 Å². The lowest BCUT2D eigenvalue weighted by Gasteiger charge is -2.37. The molecule has 0 spiro atoms. The van der Waals surface area contributed by atoms with Gasteiger partial charge in [-0.3, -0.25) is 9.69 Å². The van der Waals surface area contributed by atoms with E-state index in [1.807, 2.05) is 6.07 Å². The molecular formula is C28H28F3N3O. The van der Waals surface area contributed by atoms with E-state index in [1.54, 1.807) is 41.3 Å². The molecule has 0 unspecified atom stereocenters. The second-order valence-electron chi connectivity index (χ2n) is 9.41. The first kappa shape index (κ1) is 23.4. The molecule has 0 N–H and O–H groups in total. The molecule has 182 valence electrons. The van der Waals surface area contributed by atoms with Crippen LogP contribution < -0.4 is 4.90 Å². The van der Waals surface area contributed by atoms with Crippen molar-refractivity contribution in [3.8, 4) is 0 Å². The number of anilines is 1. The Bertz CT molecular complexity index is 1180. The molecule has 0 aliphatic carbocycles. The number of rotatable bonds is 5. The average molecular weight is 480 g/mol. The van der Waals surface area contributed by atoms with E-state index in [0.717, 1.165) is 44.0 Å². The summed E-state index contributed by atoms with van der Waals surface area (Å²) >= 11 is 0. The molecule has 0 bridgehead atoms. The van der Waals surface area contributed by atoms with Gasteiger partial charge in [-0.2, -0.15) is 0 Å². The number of nitrogens with zero attached hydrogens (tertiary/aromatic N) is 3. The summed E-state index contributed by atoms with van der Waals surface area (Å²) in [6, 6.07) is 18.9. The van der Waals surface area contributed by atoms with Gasteiger partial charge in [-0.1, -0.05) is 18.2 Å². The van der Waals surface area contributed by atoms with Gasteiger partial charge in [0.15, 0.2) is 0 Å². The minimum Gasteiger partial charge on any atom is -0.369 e.